The van der Waals surface area contributed by atoms with Crippen molar-refractivity contribution in [1.82, 2.24) is 0 Å². The summed E-state index contributed by atoms with van der Waals surface area (Å²) in [7, 11) is 1.86. The van der Waals surface area contributed by atoms with Crippen molar-refractivity contribution >= 4 is 11.5 Å². The molecule has 0 aromatic heterocycles. The fourth-order valence-corrected chi connectivity index (χ4v) is 2.05. The molecule has 19 heavy (non-hydrogen) atoms. The second-order valence-electron chi connectivity index (χ2n) is 4.58. The molecule has 98 valence electrons. The number of Topliss-reactive ketones (excluding diaryl/α,β-unsaturated/α-hetero) is 1. The van der Waals surface area contributed by atoms with E-state index in [-0.39, 0.29) is 18.1 Å². The number of benzene rings is 2. The van der Waals surface area contributed by atoms with Crippen LogP contribution in [0.5, 0.6) is 0 Å². The van der Waals surface area contributed by atoms with Gasteiger partial charge in [0.1, 0.15) is 5.82 Å². The monoisotopic (exact) mass is 257 g/mol. The number of anilines is 1. The van der Waals surface area contributed by atoms with Gasteiger partial charge < -0.3 is 4.90 Å². The summed E-state index contributed by atoms with van der Waals surface area (Å²) >= 11 is 0. The number of hydrogen-bond donors (Lipinski definition) is 0. The number of hydrogen-bond acceptors (Lipinski definition) is 2. The molecule has 0 N–H and O–H groups in total. The molecule has 2 aromatic carbocycles. The van der Waals surface area contributed by atoms with Crippen LogP contribution in [0.4, 0.5) is 10.1 Å². The zero-order valence-electron chi connectivity index (χ0n) is 11.1. The Hall–Kier alpha value is -2.16. The van der Waals surface area contributed by atoms with Crippen LogP contribution in [0, 0.1) is 12.7 Å². The molecule has 0 aliphatic heterocycles. The number of rotatable bonds is 4. The number of nitrogens with zero attached hydrogens (tertiary/aromatic N) is 1. The highest BCUT2D eigenvalue weighted by Crippen LogP contribution is 2.18. The van der Waals surface area contributed by atoms with Crippen molar-refractivity contribution in [2.75, 3.05) is 18.5 Å². The number of ketones is 1. The van der Waals surface area contributed by atoms with E-state index in [9.17, 15) is 9.18 Å². The maximum Gasteiger partial charge on any atom is 0.182 e. The number of carbonyl (C=O) groups is 1. The van der Waals surface area contributed by atoms with Crippen molar-refractivity contribution in [3.63, 3.8) is 0 Å². The lowest BCUT2D eigenvalue weighted by Gasteiger charge is -2.20. The predicted octanol–water partition coefficient (Wildman–Crippen LogP) is 3.45. The standard InChI is InChI=1S/C16H16FNO/c1-12-6-3-4-9-15(12)18(2)11-16(19)13-7-5-8-14(17)10-13/h3-10H,11H2,1-2H3. The van der Waals surface area contributed by atoms with Gasteiger partial charge in [-0.1, -0.05) is 30.3 Å². The third-order valence-electron chi connectivity index (χ3n) is 3.05. The Kier molecular flexibility index (Phi) is 3.95. The summed E-state index contributed by atoms with van der Waals surface area (Å²) in [5.41, 5.74) is 2.52. The molecule has 0 aliphatic carbocycles. The van der Waals surface area contributed by atoms with Crippen LogP contribution in [0.1, 0.15) is 15.9 Å². The van der Waals surface area contributed by atoms with E-state index < -0.39 is 0 Å². The molecule has 0 radical (unpaired) electrons. The molecule has 0 atom stereocenters. The summed E-state index contributed by atoms with van der Waals surface area (Å²) in [5, 5.41) is 0. The third-order valence-corrected chi connectivity index (χ3v) is 3.05. The Bertz CT molecular complexity index is 595. The van der Waals surface area contributed by atoms with Gasteiger partial charge in [0, 0.05) is 18.3 Å². The fraction of sp³-hybridized carbons (Fsp3) is 0.188. The van der Waals surface area contributed by atoms with E-state index in [0.717, 1.165) is 11.3 Å². The van der Waals surface area contributed by atoms with Crippen LogP contribution in [0.25, 0.3) is 0 Å². The van der Waals surface area contributed by atoms with Crippen LogP contribution in [0.15, 0.2) is 48.5 Å². The Morgan fingerprint density at radius 3 is 2.58 bits per heavy atom. The Labute approximate surface area is 112 Å². The third kappa shape index (κ3) is 3.19. The normalized spacial score (nSPS) is 10.3. The molecule has 0 unspecified atom stereocenters. The molecule has 0 spiro atoms. The number of likely N-dealkylation sites (N-methyl/N-ethyl adjacent to an activating group) is 1. The van der Waals surface area contributed by atoms with Gasteiger partial charge >= 0.3 is 0 Å². The molecule has 0 amide bonds. The Morgan fingerprint density at radius 2 is 1.89 bits per heavy atom. The van der Waals surface area contributed by atoms with Crippen LogP contribution in [-0.2, 0) is 0 Å². The molecule has 0 heterocycles. The highest BCUT2D eigenvalue weighted by molar-refractivity contribution is 5.99. The van der Waals surface area contributed by atoms with Crippen molar-refractivity contribution in [3.05, 3.63) is 65.5 Å². The first-order valence-electron chi connectivity index (χ1n) is 6.13. The molecule has 0 saturated carbocycles. The van der Waals surface area contributed by atoms with E-state index in [2.05, 4.69) is 0 Å². The summed E-state index contributed by atoms with van der Waals surface area (Å²) < 4.78 is 13.1. The highest BCUT2D eigenvalue weighted by atomic mass is 19.1. The quantitative estimate of drug-likeness (QED) is 0.782. The number of para-hydroxylation sites is 1. The van der Waals surface area contributed by atoms with Crippen LogP contribution in [-0.4, -0.2) is 19.4 Å². The van der Waals surface area contributed by atoms with E-state index in [1.54, 1.807) is 12.1 Å². The molecular weight excluding hydrogens is 241 g/mol. The first-order valence-corrected chi connectivity index (χ1v) is 6.13. The number of carbonyl (C=O) groups excluding carboxylic acids is 1. The highest BCUT2D eigenvalue weighted by Gasteiger charge is 2.11. The topological polar surface area (TPSA) is 20.3 Å². The molecule has 0 fully saturated rings. The first kappa shape index (κ1) is 13.3. The van der Waals surface area contributed by atoms with Gasteiger partial charge in [-0.05, 0) is 30.7 Å². The molecular formula is C16H16FNO. The SMILES string of the molecule is Cc1ccccc1N(C)CC(=O)c1cccc(F)c1. The molecule has 3 heteroatoms. The summed E-state index contributed by atoms with van der Waals surface area (Å²) in [6.45, 7) is 2.23. The van der Waals surface area contributed by atoms with E-state index in [0.29, 0.717) is 5.56 Å². The summed E-state index contributed by atoms with van der Waals surface area (Å²) in [6.07, 6.45) is 0. The van der Waals surface area contributed by atoms with Crippen molar-refractivity contribution in [2.45, 2.75) is 6.92 Å². The molecule has 2 rings (SSSR count). The molecule has 2 nitrogen and oxygen atoms in total. The van der Waals surface area contributed by atoms with Crippen LogP contribution in [0.3, 0.4) is 0 Å². The largest absolute Gasteiger partial charge is 0.367 e. The zero-order chi connectivity index (χ0) is 13.8. The van der Waals surface area contributed by atoms with Crippen molar-refractivity contribution in [2.24, 2.45) is 0 Å². The average Bonchev–Trinajstić information content (AvgIpc) is 2.39. The lowest BCUT2D eigenvalue weighted by atomic mass is 10.1. The first-order chi connectivity index (χ1) is 9.08. The van der Waals surface area contributed by atoms with Gasteiger partial charge in [0.25, 0.3) is 0 Å². The average molecular weight is 257 g/mol. The van der Waals surface area contributed by atoms with E-state index in [1.165, 1.54) is 12.1 Å². The minimum Gasteiger partial charge on any atom is -0.367 e. The van der Waals surface area contributed by atoms with Crippen molar-refractivity contribution < 1.29 is 9.18 Å². The second-order valence-corrected chi connectivity index (χ2v) is 4.58. The molecule has 0 aliphatic rings. The van der Waals surface area contributed by atoms with Gasteiger partial charge in [0.15, 0.2) is 5.78 Å². The fourth-order valence-electron chi connectivity index (χ4n) is 2.05. The van der Waals surface area contributed by atoms with Gasteiger partial charge in [0.2, 0.25) is 0 Å². The van der Waals surface area contributed by atoms with Gasteiger partial charge in [-0.15, -0.1) is 0 Å². The number of halogens is 1. The molecule has 2 aromatic rings. The maximum absolute atomic E-state index is 13.1. The smallest absolute Gasteiger partial charge is 0.182 e. The van der Waals surface area contributed by atoms with E-state index in [1.807, 2.05) is 43.1 Å². The zero-order valence-corrected chi connectivity index (χ0v) is 11.1. The predicted molar refractivity (Wildman–Crippen MR) is 75.2 cm³/mol. The Morgan fingerprint density at radius 1 is 1.16 bits per heavy atom. The van der Waals surface area contributed by atoms with Crippen LogP contribution < -0.4 is 4.90 Å². The minimum atomic E-state index is -0.385. The second kappa shape index (κ2) is 5.65. The summed E-state index contributed by atoms with van der Waals surface area (Å²) in [6, 6.07) is 13.7. The Balaban J connectivity index is 2.13. The molecule has 0 bridgehead atoms. The lowest BCUT2D eigenvalue weighted by molar-refractivity contribution is 0.1000. The lowest BCUT2D eigenvalue weighted by Crippen LogP contribution is -2.26. The van der Waals surface area contributed by atoms with Gasteiger partial charge in [-0.2, -0.15) is 0 Å². The van der Waals surface area contributed by atoms with Crippen molar-refractivity contribution in [3.8, 4) is 0 Å². The van der Waals surface area contributed by atoms with Gasteiger partial charge in [-0.25, -0.2) is 4.39 Å². The maximum atomic E-state index is 13.1. The van der Waals surface area contributed by atoms with Crippen molar-refractivity contribution in [1.29, 1.82) is 0 Å². The van der Waals surface area contributed by atoms with E-state index >= 15 is 0 Å². The summed E-state index contributed by atoms with van der Waals surface area (Å²) in [4.78, 5) is 14.0. The van der Waals surface area contributed by atoms with Crippen LogP contribution in [0.2, 0.25) is 0 Å². The molecule has 0 saturated heterocycles. The van der Waals surface area contributed by atoms with Crippen LogP contribution >= 0.6 is 0 Å². The number of aryl methyl sites for hydroxylation is 1. The van der Waals surface area contributed by atoms with Gasteiger partial charge in [0.05, 0.1) is 6.54 Å². The summed E-state index contributed by atoms with van der Waals surface area (Å²) in [5.74, 6) is -0.477. The van der Waals surface area contributed by atoms with Gasteiger partial charge in [-0.3, -0.25) is 4.79 Å². The minimum absolute atomic E-state index is 0.0924. The van der Waals surface area contributed by atoms with E-state index in [4.69, 9.17) is 0 Å².